The van der Waals surface area contributed by atoms with Gasteiger partial charge < -0.3 is 19.9 Å². The molecular weight excluding hydrogens is 466 g/mol. The van der Waals surface area contributed by atoms with E-state index in [1.165, 1.54) is 23.2 Å². The number of methoxy groups -OCH3 is 1. The average molecular weight is 496 g/mol. The fourth-order valence-corrected chi connectivity index (χ4v) is 3.92. The van der Waals surface area contributed by atoms with Crippen LogP contribution in [0.2, 0.25) is 0 Å². The van der Waals surface area contributed by atoms with Crippen LogP contribution >= 0.6 is 11.3 Å². The maximum Gasteiger partial charge on any atom is 0.253 e. The third kappa shape index (κ3) is 6.61. The second kappa shape index (κ2) is 12.0. The van der Waals surface area contributed by atoms with Gasteiger partial charge in [-0.15, -0.1) is 11.3 Å². The van der Waals surface area contributed by atoms with E-state index in [4.69, 9.17) is 4.74 Å². The van der Waals surface area contributed by atoms with Gasteiger partial charge in [-0.2, -0.15) is 15.0 Å². The second-order valence-corrected chi connectivity index (χ2v) is 8.23. The molecule has 1 atom stereocenters. The Labute approximate surface area is 208 Å². The van der Waals surface area contributed by atoms with Gasteiger partial charge in [0, 0.05) is 50.1 Å². The molecule has 3 aromatic heterocycles. The van der Waals surface area contributed by atoms with Crippen molar-refractivity contribution in [2.24, 2.45) is 14.1 Å². The van der Waals surface area contributed by atoms with Crippen LogP contribution < -0.4 is 10.6 Å². The lowest BCUT2D eigenvalue weighted by Gasteiger charge is -2.16. The molecule has 4 aromatic rings. The van der Waals surface area contributed by atoms with E-state index in [2.05, 4.69) is 25.8 Å². The average Bonchev–Trinajstić information content (AvgIpc) is 3.61. The molecule has 0 radical (unpaired) electrons. The molecule has 35 heavy (non-hydrogen) atoms. The zero-order valence-electron chi connectivity index (χ0n) is 20.3. The number of hydrogen-bond donors (Lipinski definition) is 2. The predicted molar refractivity (Wildman–Crippen MR) is 136 cm³/mol. The Balaban J connectivity index is 0.00000167. The molecule has 0 aliphatic rings. The molecule has 2 amide bonds. The van der Waals surface area contributed by atoms with Gasteiger partial charge in [0.25, 0.3) is 11.8 Å². The number of aryl methyl sites for hydroxylation is 2. The number of amides is 2. The number of ether oxygens (including phenoxy) is 1. The molecule has 3 heterocycles. The molecule has 0 saturated heterocycles. The number of aromatic nitrogens is 5. The topological polar surface area (TPSA) is 116 Å². The number of hydrogen-bond acceptors (Lipinski definition) is 7. The normalized spacial score (nSPS) is 11.3. The van der Waals surface area contributed by atoms with Crippen LogP contribution in [0.25, 0.3) is 22.5 Å². The fraction of sp³-hybridized carbons (Fsp3) is 0.292. The third-order valence-electron chi connectivity index (χ3n) is 4.84. The molecular formula is C24H29N7O3S. The molecule has 11 heteroatoms. The van der Waals surface area contributed by atoms with Gasteiger partial charge in [0.1, 0.15) is 11.7 Å². The zero-order chi connectivity index (χ0) is 25.4. The van der Waals surface area contributed by atoms with Gasteiger partial charge in [-0.25, -0.2) is 4.98 Å². The highest BCUT2D eigenvalue weighted by molar-refractivity contribution is 7.14. The Morgan fingerprint density at radius 2 is 1.89 bits per heavy atom. The summed E-state index contributed by atoms with van der Waals surface area (Å²) in [6.07, 6.45) is 5.14. The number of nitrogens with one attached hydrogen (secondary N) is 2. The van der Waals surface area contributed by atoms with E-state index in [1.807, 2.05) is 50.5 Å². The molecule has 1 unspecified atom stereocenters. The Bertz CT molecular complexity index is 1280. The number of carbonyl (C=O) groups excluding carboxylic acids is 2. The van der Waals surface area contributed by atoms with Crippen molar-refractivity contribution in [3.63, 3.8) is 0 Å². The predicted octanol–water partition coefficient (Wildman–Crippen LogP) is 3.35. The van der Waals surface area contributed by atoms with E-state index in [1.54, 1.807) is 36.3 Å². The molecule has 0 saturated carbocycles. The molecule has 2 N–H and O–H groups in total. The second-order valence-electron chi connectivity index (χ2n) is 7.37. The lowest BCUT2D eigenvalue weighted by Crippen LogP contribution is -2.46. The summed E-state index contributed by atoms with van der Waals surface area (Å²) in [7, 11) is 5.06. The molecule has 184 valence electrons. The standard InChI is InChI=1S/C22H23N7O3S.C2H6/c1-28-8-7-16(11-28)20(30)24-18(12-32-3)21(31)26-22-25-19(13-33-22)15-6-4-5-14(9-15)17-10-23-29(2)27-17;1-2/h4-11,13,18H,12H2,1-3H3,(H,24,30)(H,25,26,31);1-2H3. The van der Waals surface area contributed by atoms with Crippen molar-refractivity contribution in [2.45, 2.75) is 19.9 Å². The van der Waals surface area contributed by atoms with Crippen LogP contribution in [0.5, 0.6) is 0 Å². The minimum absolute atomic E-state index is 0.0306. The molecule has 0 spiro atoms. The van der Waals surface area contributed by atoms with E-state index in [0.717, 1.165) is 22.5 Å². The number of anilines is 1. The Kier molecular flexibility index (Phi) is 8.87. The van der Waals surface area contributed by atoms with Gasteiger partial charge in [-0.05, 0) is 12.1 Å². The van der Waals surface area contributed by atoms with Crippen molar-refractivity contribution in [1.82, 2.24) is 29.9 Å². The maximum atomic E-state index is 12.8. The van der Waals surface area contributed by atoms with Gasteiger partial charge in [0.2, 0.25) is 0 Å². The van der Waals surface area contributed by atoms with Crippen LogP contribution in [0.1, 0.15) is 24.2 Å². The quantitative estimate of drug-likeness (QED) is 0.387. The van der Waals surface area contributed by atoms with Gasteiger partial charge in [-0.1, -0.05) is 32.0 Å². The summed E-state index contributed by atoms with van der Waals surface area (Å²) < 4.78 is 6.89. The first-order valence-electron chi connectivity index (χ1n) is 11.1. The first kappa shape index (κ1) is 25.8. The van der Waals surface area contributed by atoms with Crippen molar-refractivity contribution in [3.8, 4) is 22.5 Å². The van der Waals surface area contributed by atoms with Crippen molar-refractivity contribution in [1.29, 1.82) is 0 Å². The fourth-order valence-electron chi connectivity index (χ4n) is 3.20. The number of thiazole rings is 1. The molecule has 0 aliphatic carbocycles. The lowest BCUT2D eigenvalue weighted by atomic mass is 10.1. The van der Waals surface area contributed by atoms with Gasteiger partial charge in [0.05, 0.1) is 24.1 Å². The number of nitrogens with zero attached hydrogens (tertiary/aromatic N) is 5. The zero-order valence-corrected chi connectivity index (χ0v) is 21.2. The lowest BCUT2D eigenvalue weighted by molar-refractivity contribution is -0.119. The summed E-state index contributed by atoms with van der Waals surface area (Å²) >= 11 is 1.30. The molecule has 0 aliphatic heterocycles. The first-order valence-corrected chi connectivity index (χ1v) is 12.0. The summed E-state index contributed by atoms with van der Waals surface area (Å²) in [5.41, 5.74) is 3.76. The van der Waals surface area contributed by atoms with E-state index < -0.39 is 11.9 Å². The van der Waals surface area contributed by atoms with E-state index >= 15 is 0 Å². The summed E-state index contributed by atoms with van der Waals surface area (Å²) in [6.45, 7) is 4.03. The van der Waals surface area contributed by atoms with Crippen LogP contribution in [0, 0.1) is 0 Å². The monoisotopic (exact) mass is 495 g/mol. The van der Waals surface area contributed by atoms with Crippen molar-refractivity contribution in [3.05, 3.63) is 59.9 Å². The largest absolute Gasteiger partial charge is 0.382 e. The summed E-state index contributed by atoms with van der Waals surface area (Å²) in [5, 5.41) is 16.2. The van der Waals surface area contributed by atoms with E-state index in [0.29, 0.717) is 10.7 Å². The van der Waals surface area contributed by atoms with Crippen LogP contribution in [-0.4, -0.2) is 56.1 Å². The molecule has 1 aromatic carbocycles. The Morgan fingerprint density at radius 1 is 1.14 bits per heavy atom. The SMILES string of the molecule is CC.COCC(NC(=O)c1ccn(C)c1)C(=O)Nc1nc(-c2cccc(-c3cnn(C)n3)c2)cs1. The van der Waals surface area contributed by atoms with Crippen LogP contribution in [-0.2, 0) is 23.6 Å². The summed E-state index contributed by atoms with van der Waals surface area (Å²) in [4.78, 5) is 31.3. The Morgan fingerprint density at radius 3 is 2.51 bits per heavy atom. The van der Waals surface area contributed by atoms with Crippen molar-refractivity contribution in [2.75, 3.05) is 19.0 Å². The minimum atomic E-state index is -0.866. The van der Waals surface area contributed by atoms with E-state index in [9.17, 15) is 9.59 Å². The summed E-state index contributed by atoms with van der Waals surface area (Å²) in [5.74, 6) is -0.760. The summed E-state index contributed by atoms with van der Waals surface area (Å²) in [6, 6.07) is 8.60. The van der Waals surface area contributed by atoms with Gasteiger partial charge in [-0.3, -0.25) is 9.59 Å². The minimum Gasteiger partial charge on any atom is -0.382 e. The smallest absolute Gasteiger partial charge is 0.253 e. The van der Waals surface area contributed by atoms with Crippen molar-refractivity contribution < 1.29 is 14.3 Å². The first-order chi connectivity index (χ1) is 16.9. The molecule has 0 fully saturated rings. The van der Waals surface area contributed by atoms with E-state index in [-0.39, 0.29) is 12.5 Å². The number of carbonyl (C=O) groups is 2. The maximum absolute atomic E-state index is 12.8. The van der Waals surface area contributed by atoms with Crippen LogP contribution in [0.3, 0.4) is 0 Å². The van der Waals surface area contributed by atoms with Crippen LogP contribution in [0.4, 0.5) is 5.13 Å². The highest BCUT2D eigenvalue weighted by atomic mass is 32.1. The van der Waals surface area contributed by atoms with Gasteiger partial charge in [0.15, 0.2) is 5.13 Å². The van der Waals surface area contributed by atoms with Crippen LogP contribution in [0.15, 0.2) is 54.3 Å². The number of rotatable bonds is 8. The highest BCUT2D eigenvalue weighted by Crippen LogP contribution is 2.28. The van der Waals surface area contributed by atoms with Gasteiger partial charge >= 0.3 is 0 Å². The number of benzene rings is 1. The molecule has 0 bridgehead atoms. The Hall–Kier alpha value is -3.83. The molecule has 10 nitrogen and oxygen atoms in total. The molecule has 4 rings (SSSR count). The third-order valence-corrected chi connectivity index (χ3v) is 5.60. The highest BCUT2D eigenvalue weighted by Gasteiger charge is 2.23. The van der Waals surface area contributed by atoms with Crippen molar-refractivity contribution >= 4 is 28.3 Å².